The normalized spacial score (nSPS) is 10.3. The van der Waals surface area contributed by atoms with E-state index >= 15 is 0 Å². The van der Waals surface area contributed by atoms with Crippen molar-refractivity contribution in [3.8, 4) is 11.5 Å². The number of hydrogen-bond acceptors (Lipinski definition) is 4. The first-order valence-corrected chi connectivity index (χ1v) is 8.60. The summed E-state index contributed by atoms with van der Waals surface area (Å²) in [5, 5.41) is 0. The lowest BCUT2D eigenvalue weighted by Gasteiger charge is -2.10. The molecule has 0 bridgehead atoms. The van der Waals surface area contributed by atoms with E-state index in [0.717, 1.165) is 16.7 Å². The van der Waals surface area contributed by atoms with Crippen LogP contribution in [0.5, 0.6) is 11.5 Å². The van der Waals surface area contributed by atoms with Gasteiger partial charge in [0, 0.05) is 6.07 Å². The van der Waals surface area contributed by atoms with Crippen LogP contribution in [0.1, 0.15) is 37.4 Å². The van der Waals surface area contributed by atoms with Crippen molar-refractivity contribution in [1.29, 1.82) is 0 Å². The van der Waals surface area contributed by atoms with Gasteiger partial charge in [0.2, 0.25) is 0 Å². The monoisotopic (exact) mass is 360 g/mol. The quantitative estimate of drug-likeness (QED) is 0.482. The summed E-state index contributed by atoms with van der Waals surface area (Å²) in [5.41, 5.74) is 3.70. The topological polar surface area (TPSA) is 52.6 Å². The Balaban J connectivity index is 1.78. The minimum atomic E-state index is -0.458. The Labute approximate surface area is 158 Å². The van der Waals surface area contributed by atoms with Crippen molar-refractivity contribution >= 4 is 11.9 Å². The van der Waals surface area contributed by atoms with Crippen molar-refractivity contribution < 1.29 is 19.1 Å². The summed E-state index contributed by atoms with van der Waals surface area (Å²) in [7, 11) is 0. The summed E-state index contributed by atoms with van der Waals surface area (Å²) < 4.78 is 10.9. The molecule has 27 heavy (non-hydrogen) atoms. The zero-order valence-electron chi connectivity index (χ0n) is 15.5. The van der Waals surface area contributed by atoms with E-state index in [1.807, 2.05) is 32.9 Å². The lowest BCUT2D eigenvalue weighted by molar-refractivity contribution is 0.0732. The van der Waals surface area contributed by atoms with Gasteiger partial charge < -0.3 is 9.47 Å². The fourth-order valence-electron chi connectivity index (χ4n) is 2.71. The van der Waals surface area contributed by atoms with E-state index in [-0.39, 0.29) is 0 Å². The molecule has 136 valence electrons. The molecule has 3 aromatic rings. The van der Waals surface area contributed by atoms with Crippen LogP contribution in [0.3, 0.4) is 0 Å². The van der Waals surface area contributed by atoms with Gasteiger partial charge in [-0.05, 0) is 62.7 Å². The van der Waals surface area contributed by atoms with Crippen LogP contribution in [-0.4, -0.2) is 11.9 Å². The molecule has 0 radical (unpaired) electrons. The molecule has 3 aromatic carbocycles. The van der Waals surface area contributed by atoms with Crippen LogP contribution in [0.4, 0.5) is 0 Å². The highest BCUT2D eigenvalue weighted by atomic mass is 16.5. The highest BCUT2D eigenvalue weighted by molar-refractivity contribution is 5.92. The average molecular weight is 360 g/mol. The number of esters is 2. The Hall–Kier alpha value is -3.40. The zero-order valence-corrected chi connectivity index (χ0v) is 15.5. The van der Waals surface area contributed by atoms with Crippen LogP contribution in [0, 0.1) is 20.8 Å². The third kappa shape index (κ3) is 4.82. The molecule has 0 aliphatic heterocycles. The first kappa shape index (κ1) is 18.4. The van der Waals surface area contributed by atoms with Crippen molar-refractivity contribution in [2.45, 2.75) is 20.8 Å². The molecule has 0 aliphatic rings. The molecule has 0 N–H and O–H groups in total. The molecule has 4 nitrogen and oxygen atoms in total. The molecule has 0 fully saturated rings. The third-order valence-electron chi connectivity index (χ3n) is 3.95. The second kappa shape index (κ2) is 7.87. The first-order valence-electron chi connectivity index (χ1n) is 8.60. The van der Waals surface area contributed by atoms with Crippen LogP contribution in [-0.2, 0) is 0 Å². The summed E-state index contributed by atoms with van der Waals surface area (Å²) in [6, 6.07) is 19.3. The third-order valence-corrected chi connectivity index (χ3v) is 3.95. The maximum Gasteiger partial charge on any atom is 0.343 e. The molecule has 0 aromatic heterocycles. The number of carbonyl (C=O) groups excluding carboxylic acids is 2. The number of benzene rings is 3. The Morgan fingerprint density at radius 1 is 0.593 bits per heavy atom. The highest BCUT2D eigenvalue weighted by Crippen LogP contribution is 2.24. The van der Waals surface area contributed by atoms with Gasteiger partial charge in [0.15, 0.2) is 0 Å². The van der Waals surface area contributed by atoms with Gasteiger partial charge in [-0.25, -0.2) is 9.59 Å². The van der Waals surface area contributed by atoms with Gasteiger partial charge in [0.05, 0.1) is 11.1 Å². The number of ether oxygens (including phenoxy) is 2. The van der Waals surface area contributed by atoms with E-state index in [2.05, 4.69) is 0 Å². The smallest absolute Gasteiger partial charge is 0.343 e. The molecular weight excluding hydrogens is 340 g/mol. The van der Waals surface area contributed by atoms with E-state index < -0.39 is 11.9 Å². The van der Waals surface area contributed by atoms with Crippen LogP contribution in [0.15, 0.2) is 66.7 Å². The average Bonchev–Trinajstić information content (AvgIpc) is 2.61. The Morgan fingerprint density at radius 3 is 1.44 bits per heavy atom. The Bertz CT molecular complexity index is 927. The number of rotatable bonds is 4. The van der Waals surface area contributed by atoms with Crippen molar-refractivity contribution in [2.75, 3.05) is 0 Å². The predicted molar refractivity (Wildman–Crippen MR) is 103 cm³/mol. The summed E-state index contributed by atoms with van der Waals surface area (Å²) >= 11 is 0. The second-order valence-electron chi connectivity index (χ2n) is 6.50. The summed E-state index contributed by atoms with van der Waals surface area (Å²) in [5.74, 6) is -0.261. The number of aryl methyl sites for hydroxylation is 3. The van der Waals surface area contributed by atoms with Crippen molar-refractivity contribution in [1.82, 2.24) is 0 Å². The van der Waals surface area contributed by atoms with Crippen LogP contribution in [0.25, 0.3) is 0 Å². The summed E-state index contributed by atoms with van der Waals surface area (Å²) in [4.78, 5) is 24.7. The molecule has 4 heteroatoms. The lowest BCUT2D eigenvalue weighted by atomic mass is 10.1. The molecule has 0 saturated carbocycles. The molecule has 0 amide bonds. The summed E-state index contributed by atoms with van der Waals surface area (Å²) in [6.45, 7) is 5.66. The van der Waals surface area contributed by atoms with E-state index in [0.29, 0.717) is 22.6 Å². The van der Waals surface area contributed by atoms with Crippen molar-refractivity contribution in [2.24, 2.45) is 0 Å². The van der Waals surface area contributed by atoms with Crippen molar-refractivity contribution in [3.63, 3.8) is 0 Å². The fourth-order valence-corrected chi connectivity index (χ4v) is 2.71. The highest BCUT2D eigenvalue weighted by Gasteiger charge is 2.13. The van der Waals surface area contributed by atoms with Crippen LogP contribution in [0.2, 0.25) is 0 Å². The molecule has 0 saturated heterocycles. The number of hydrogen-bond donors (Lipinski definition) is 0. The lowest BCUT2D eigenvalue weighted by Crippen LogP contribution is -2.10. The maximum absolute atomic E-state index is 12.3. The largest absolute Gasteiger partial charge is 0.423 e. The van der Waals surface area contributed by atoms with Gasteiger partial charge in [0.25, 0.3) is 0 Å². The van der Waals surface area contributed by atoms with Gasteiger partial charge in [-0.2, -0.15) is 0 Å². The van der Waals surface area contributed by atoms with Gasteiger partial charge in [-0.3, -0.25) is 0 Å². The van der Waals surface area contributed by atoms with E-state index in [9.17, 15) is 9.59 Å². The molecule has 0 heterocycles. The molecule has 0 atom stereocenters. The minimum absolute atomic E-state index is 0.327. The summed E-state index contributed by atoms with van der Waals surface area (Å²) in [6.07, 6.45) is 0. The second-order valence-corrected chi connectivity index (χ2v) is 6.50. The van der Waals surface area contributed by atoms with Gasteiger partial charge in [0.1, 0.15) is 11.5 Å². The molecule has 0 spiro atoms. The van der Waals surface area contributed by atoms with E-state index in [4.69, 9.17) is 9.47 Å². The van der Waals surface area contributed by atoms with Gasteiger partial charge >= 0.3 is 11.9 Å². The number of carbonyl (C=O) groups is 2. The molecule has 0 aliphatic carbocycles. The Morgan fingerprint density at radius 2 is 1.04 bits per heavy atom. The fraction of sp³-hybridized carbons (Fsp3) is 0.130. The zero-order chi connectivity index (χ0) is 19.4. The van der Waals surface area contributed by atoms with Crippen LogP contribution < -0.4 is 9.47 Å². The first-order chi connectivity index (χ1) is 12.9. The van der Waals surface area contributed by atoms with Crippen LogP contribution >= 0.6 is 0 Å². The molecular formula is C23H20O4. The Kier molecular flexibility index (Phi) is 5.36. The van der Waals surface area contributed by atoms with E-state index in [1.54, 1.807) is 48.5 Å². The standard InChI is InChI=1S/C23H20O4/c1-15-6-4-8-18(10-15)22(24)26-20-12-17(3)13-21(14-20)27-23(25)19-9-5-7-16(2)11-19/h4-14H,1-3H3. The van der Waals surface area contributed by atoms with Gasteiger partial charge in [-0.15, -0.1) is 0 Å². The molecule has 3 rings (SSSR count). The van der Waals surface area contributed by atoms with Gasteiger partial charge in [-0.1, -0.05) is 35.4 Å². The van der Waals surface area contributed by atoms with E-state index in [1.165, 1.54) is 6.07 Å². The maximum atomic E-state index is 12.3. The minimum Gasteiger partial charge on any atom is -0.423 e. The molecule has 0 unspecified atom stereocenters. The predicted octanol–water partition coefficient (Wildman–Crippen LogP) is 5.05. The van der Waals surface area contributed by atoms with Crippen molar-refractivity contribution in [3.05, 3.63) is 94.5 Å². The SMILES string of the molecule is Cc1cc(OC(=O)c2cccc(C)c2)cc(OC(=O)c2cccc(C)c2)c1.